The molecule has 2 atom stereocenters. The van der Waals surface area contributed by atoms with Gasteiger partial charge in [-0.05, 0) is 61.9 Å². The van der Waals surface area contributed by atoms with Crippen molar-refractivity contribution in [2.75, 3.05) is 19.0 Å². The van der Waals surface area contributed by atoms with Gasteiger partial charge in [-0.2, -0.15) is 0 Å². The van der Waals surface area contributed by atoms with Gasteiger partial charge in [0.05, 0.1) is 28.4 Å². The zero-order valence-corrected chi connectivity index (χ0v) is 21.2. The van der Waals surface area contributed by atoms with Crippen molar-refractivity contribution in [2.24, 2.45) is 0 Å². The van der Waals surface area contributed by atoms with Gasteiger partial charge in [-0.15, -0.1) is 23.1 Å². The molecule has 0 unspecified atom stereocenters. The van der Waals surface area contributed by atoms with E-state index in [-0.39, 0.29) is 23.0 Å². The summed E-state index contributed by atoms with van der Waals surface area (Å²) in [5, 5.41) is 4.28. The average molecular weight is 508 g/mol. The van der Waals surface area contributed by atoms with Crippen LogP contribution in [0.25, 0.3) is 10.2 Å². The Bertz CT molecular complexity index is 1340. The highest BCUT2D eigenvalue weighted by molar-refractivity contribution is 8.00. The van der Waals surface area contributed by atoms with Crippen LogP contribution in [0.1, 0.15) is 17.0 Å². The maximum absolute atomic E-state index is 14.4. The van der Waals surface area contributed by atoms with Gasteiger partial charge in [-0.25, -0.2) is 9.37 Å². The standard InChI is InChI=1S/C27H26FN3O2S2/c1-17-29-24-13-19(7-12-26(24)34-17)30-27(32)25-14-22(35-21-10-8-20(33-2)9-11-21)16-31(25)15-18-5-3-4-6-23(18)28/h3-13,22,25H,14-16H2,1-2H3,(H,30,32)/t22-,25+/m1/s1. The third kappa shape index (κ3) is 5.50. The van der Waals surface area contributed by atoms with E-state index in [0.29, 0.717) is 25.1 Å². The summed E-state index contributed by atoms with van der Waals surface area (Å²) in [6, 6.07) is 20.2. The maximum atomic E-state index is 14.4. The largest absolute Gasteiger partial charge is 0.497 e. The number of fused-ring (bicyclic) bond motifs is 1. The first kappa shape index (κ1) is 23.8. The summed E-state index contributed by atoms with van der Waals surface area (Å²) in [7, 11) is 1.65. The molecule has 1 aliphatic heterocycles. The predicted molar refractivity (Wildman–Crippen MR) is 141 cm³/mol. The lowest BCUT2D eigenvalue weighted by Crippen LogP contribution is -2.39. The lowest BCUT2D eigenvalue weighted by Gasteiger charge is -2.23. The Morgan fingerprint density at radius 3 is 2.77 bits per heavy atom. The Labute approximate surface area is 212 Å². The molecule has 1 aromatic heterocycles. The highest BCUT2D eigenvalue weighted by Gasteiger charge is 2.37. The normalized spacial score (nSPS) is 18.1. The van der Waals surface area contributed by atoms with Gasteiger partial charge in [-0.3, -0.25) is 9.69 Å². The molecule has 1 fully saturated rings. The number of benzene rings is 3. The van der Waals surface area contributed by atoms with Crippen molar-refractivity contribution in [1.29, 1.82) is 0 Å². The zero-order valence-electron chi connectivity index (χ0n) is 19.5. The molecule has 0 bridgehead atoms. The van der Waals surface area contributed by atoms with Gasteiger partial charge in [0.2, 0.25) is 5.91 Å². The van der Waals surface area contributed by atoms with Crippen LogP contribution in [0.5, 0.6) is 5.75 Å². The number of nitrogens with zero attached hydrogens (tertiary/aromatic N) is 2. The number of anilines is 1. The molecule has 2 heterocycles. The predicted octanol–water partition coefficient (Wildman–Crippen LogP) is 6.13. The van der Waals surface area contributed by atoms with Crippen LogP contribution >= 0.6 is 23.1 Å². The van der Waals surface area contributed by atoms with Crippen LogP contribution in [-0.4, -0.2) is 40.7 Å². The maximum Gasteiger partial charge on any atom is 0.241 e. The molecule has 180 valence electrons. The van der Waals surface area contributed by atoms with E-state index in [2.05, 4.69) is 15.2 Å². The molecule has 5 nitrogen and oxygen atoms in total. The van der Waals surface area contributed by atoms with Crippen LogP contribution in [0.4, 0.5) is 10.1 Å². The Balaban J connectivity index is 1.34. The van der Waals surface area contributed by atoms with Gasteiger partial charge in [0.1, 0.15) is 11.6 Å². The first-order valence-corrected chi connectivity index (χ1v) is 13.1. The summed E-state index contributed by atoms with van der Waals surface area (Å²) < 4.78 is 20.8. The summed E-state index contributed by atoms with van der Waals surface area (Å²) in [6.45, 7) is 3.05. The number of rotatable bonds is 7. The summed E-state index contributed by atoms with van der Waals surface area (Å²) in [6.07, 6.45) is 0.676. The zero-order chi connectivity index (χ0) is 24.4. The number of amides is 1. The molecule has 1 amide bonds. The van der Waals surface area contributed by atoms with E-state index >= 15 is 0 Å². The molecule has 1 saturated heterocycles. The third-order valence-electron chi connectivity index (χ3n) is 6.12. The number of methoxy groups -OCH3 is 1. The van der Waals surface area contributed by atoms with Crippen LogP contribution in [0.15, 0.2) is 71.6 Å². The molecular formula is C27H26FN3O2S2. The second-order valence-electron chi connectivity index (χ2n) is 8.59. The molecular weight excluding hydrogens is 481 g/mol. The first-order valence-electron chi connectivity index (χ1n) is 11.4. The van der Waals surface area contributed by atoms with E-state index in [1.807, 2.05) is 55.5 Å². The number of hydrogen-bond donors (Lipinski definition) is 1. The minimum Gasteiger partial charge on any atom is -0.497 e. The van der Waals surface area contributed by atoms with Gasteiger partial charge in [0, 0.05) is 34.5 Å². The second-order valence-corrected chi connectivity index (χ2v) is 11.2. The minimum atomic E-state index is -0.363. The molecule has 1 aliphatic rings. The quantitative estimate of drug-likeness (QED) is 0.326. The van der Waals surface area contributed by atoms with Gasteiger partial charge in [-0.1, -0.05) is 18.2 Å². The number of hydrogen-bond acceptors (Lipinski definition) is 6. The number of thiazole rings is 1. The highest BCUT2D eigenvalue weighted by Crippen LogP contribution is 2.35. The van der Waals surface area contributed by atoms with E-state index in [1.165, 1.54) is 6.07 Å². The lowest BCUT2D eigenvalue weighted by atomic mass is 10.1. The molecule has 0 saturated carbocycles. The van der Waals surface area contributed by atoms with Crippen molar-refractivity contribution < 1.29 is 13.9 Å². The summed E-state index contributed by atoms with van der Waals surface area (Å²) in [5.41, 5.74) is 2.21. The number of ether oxygens (including phenoxy) is 1. The van der Waals surface area contributed by atoms with Crippen molar-refractivity contribution in [3.8, 4) is 5.75 Å². The molecule has 1 N–H and O–H groups in total. The smallest absolute Gasteiger partial charge is 0.241 e. The average Bonchev–Trinajstić information content (AvgIpc) is 3.42. The fraction of sp³-hybridized carbons (Fsp3) is 0.259. The number of carbonyl (C=O) groups excluding carboxylic acids is 1. The van der Waals surface area contributed by atoms with Crippen molar-refractivity contribution in [3.63, 3.8) is 0 Å². The molecule has 5 rings (SSSR count). The Morgan fingerprint density at radius 1 is 1.20 bits per heavy atom. The van der Waals surface area contributed by atoms with Crippen LogP contribution in [-0.2, 0) is 11.3 Å². The van der Waals surface area contributed by atoms with Crippen molar-refractivity contribution in [1.82, 2.24) is 9.88 Å². The molecule has 3 aromatic carbocycles. The lowest BCUT2D eigenvalue weighted by molar-refractivity contribution is -0.120. The van der Waals surface area contributed by atoms with Gasteiger partial charge < -0.3 is 10.1 Å². The van der Waals surface area contributed by atoms with E-state index < -0.39 is 0 Å². The summed E-state index contributed by atoms with van der Waals surface area (Å²) in [5.74, 6) is 0.485. The molecule has 0 aliphatic carbocycles. The van der Waals surface area contributed by atoms with Crippen LogP contribution in [0, 0.1) is 12.7 Å². The molecule has 35 heavy (non-hydrogen) atoms. The SMILES string of the molecule is COc1ccc(S[C@@H]2C[C@@H](C(=O)Nc3ccc4sc(C)nc4c3)N(Cc3ccccc3F)C2)cc1. The summed E-state index contributed by atoms with van der Waals surface area (Å²) >= 11 is 3.37. The van der Waals surface area contributed by atoms with E-state index in [9.17, 15) is 9.18 Å². The van der Waals surface area contributed by atoms with Crippen molar-refractivity contribution >= 4 is 44.9 Å². The van der Waals surface area contributed by atoms with Gasteiger partial charge >= 0.3 is 0 Å². The number of aromatic nitrogens is 1. The van der Waals surface area contributed by atoms with Crippen molar-refractivity contribution in [3.05, 3.63) is 83.1 Å². The van der Waals surface area contributed by atoms with E-state index in [4.69, 9.17) is 4.74 Å². The Kier molecular flexibility index (Phi) is 7.04. The van der Waals surface area contributed by atoms with Gasteiger partial charge in [0.15, 0.2) is 0 Å². The molecule has 0 radical (unpaired) electrons. The Hall–Kier alpha value is -2.94. The van der Waals surface area contributed by atoms with Crippen LogP contribution in [0.2, 0.25) is 0 Å². The van der Waals surface area contributed by atoms with Crippen LogP contribution < -0.4 is 10.1 Å². The van der Waals surface area contributed by atoms with E-state index in [1.54, 1.807) is 42.3 Å². The highest BCUT2D eigenvalue weighted by atomic mass is 32.2. The third-order valence-corrected chi connectivity index (χ3v) is 8.29. The topological polar surface area (TPSA) is 54.5 Å². The number of halogens is 1. The number of carbonyl (C=O) groups is 1. The number of aryl methyl sites for hydroxylation is 1. The molecule has 0 spiro atoms. The van der Waals surface area contributed by atoms with E-state index in [0.717, 1.165) is 31.6 Å². The fourth-order valence-electron chi connectivity index (χ4n) is 4.43. The Morgan fingerprint density at radius 2 is 2.00 bits per heavy atom. The minimum absolute atomic E-state index is 0.0783. The van der Waals surface area contributed by atoms with Crippen LogP contribution in [0.3, 0.4) is 0 Å². The molecule has 4 aromatic rings. The first-order chi connectivity index (χ1) is 17.0. The van der Waals surface area contributed by atoms with Crippen molar-refractivity contribution in [2.45, 2.75) is 36.1 Å². The van der Waals surface area contributed by atoms with Gasteiger partial charge in [0.25, 0.3) is 0 Å². The number of thioether (sulfide) groups is 1. The fourth-order valence-corrected chi connectivity index (χ4v) is 6.46. The second kappa shape index (κ2) is 10.4. The number of likely N-dealkylation sites (tertiary alicyclic amines) is 1. The number of nitrogens with one attached hydrogen (secondary N) is 1. The molecule has 8 heteroatoms. The monoisotopic (exact) mass is 507 g/mol. The summed E-state index contributed by atoms with van der Waals surface area (Å²) in [4.78, 5) is 21.2.